The maximum absolute atomic E-state index is 14.9. The molecule has 2 atom stereocenters. The number of nitrogens with one attached hydrogen (secondary N) is 3. The van der Waals surface area contributed by atoms with E-state index in [0.717, 1.165) is 39.1 Å². The Bertz CT molecular complexity index is 2120. The van der Waals surface area contributed by atoms with E-state index in [4.69, 9.17) is 21.7 Å². The molecular weight excluding hydrogens is 808 g/mol. The van der Waals surface area contributed by atoms with Crippen LogP contribution in [0.4, 0.5) is 39.9 Å². The lowest BCUT2D eigenvalue weighted by atomic mass is 9.73. The van der Waals surface area contributed by atoms with Crippen LogP contribution in [-0.4, -0.2) is 85.7 Å². The highest BCUT2D eigenvalue weighted by Gasteiger charge is 2.65. The van der Waals surface area contributed by atoms with Crippen molar-refractivity contribution in [3.05, 3.63) is 70.5 Å². The quantitative estimate of drug-likeness (QED) is 0.0848. The number of hydrazone groups is 2. The molecular formula is C36H37ClF8N10O3. The first-order valence-corrected chi connectivity index (χ1v) is 18.1. The number of ether oxygens (including phenoxy) is 1. The molecule has 0 spiro atoms. The number of hydrogen-bond acceptors (Lipinski definition) is 9. The Hall–Kier alpha value is -5.34. The molecule has 1 saturated heterocycles. The summed E-state index contributed by atoms with van der Waals surface area (Å²) in [4.78, 5) is 32.3. The molecule has 3 fully saturated rings. The highest BCUT2D eigenvalue weighted by Crippen LogP contribution is 2.50. The van der Waals surface area contributed by atoms with Gasteiger partial charge >= 0.3 is 25.0 Å². The molecule has 0 unspecified atom stereocenters. The van der Waals surface area contributed by atoms with Gasteiger partial charge in [-0.3, -0.25) is 15.1 Å². The molecule has 3 aromatic rings. The van der Waals surface area contributed by atoms with Gasteiger partial charge in [-0.15, -0.1) is 0 Å². The fourth-order valence-corrected chi connectivity index (χ4v) is 6.86. The molecule has 2 aromatic carbocycles. The maximum atomic E-state index is 14.9. The topological polar surface area (TPSA) is 153 Å². The molecule has 2 heterocycles. The summed E-state index contributed by atoms with van der Waals surface area (Å²) in [5.41, 5.74) is -6.66. The minimum absolute atomic E-state index is 0.000358. The molecule has 1 aromatic heterocycles. The second kappa shape index (κ2) is 15.1. The Labute approximate surface area is 330 Å². The van der Waals surface area contributed by atoms with E-state index in [1.807, 2.05) is 0 Å². The van der Waals surface area contributed by atoms with Crippen molar-refractivity contribution in [3.8, 4) is 11.4 Å². The van der Waals surface area contributed by atoms with Crippen LogP contribution in [0.5, 0.6) is 0 Å². The van der Waals surface area contributed by atoms with E-state index in [9.17, 15) is 44.7 Å². The fraction of sp³-hybridized carbons (Fsp3) is 0.472. The van der Waals surface area contributed by atoms with Gasteiger partial charge in [0.25, 0.3) is 5.91 Å². The van der Waals surface area contributed by atoms with Gasteiger partial charge in [0, 0.05) is 12.3 Å². The van der Waals surface area contributed by atoms with E-state index < -0.39 is 91.1 Å². The van der Waals surface area contributed by atoms with Crippen molar-refractivity contribution in [2.24, 2.45) is 15.6 Å². The minimum atomic E-state index is -4.87. The van der Waals surface area contributed by atoms with E-state index in [1.54, 1.807) is 12.2 Å². The number of guanidine groups is 1. The van der Waals surface area contributed by atoms with E-state index in [-0.39, 0.29) is 32.4 Å². The smallest absolute Gasteiger partial charge is 0.411 e. The van der Waals surface area contributed by atoms with Gasteiger partial charge in [0.2, 0.25) is 0 Å². The first-order chi connectivity index (χ1) is 27.0. The standard InChI is InChI=1S/C36H37ClF8N10O3/c1-19(52-55(47-4)23-10-11-23)20-5-8-22(9-6-20)34(17-32(2,3)35(40,41)42)28(56)53(30(46)50-34)26(16-58-31(57)51-33(13-14-33)36(43,44)45)21-7-12-25(37)24(15-21)27-48-18-49-54(27)29(38)39/h5-9,12,15,18,23,26,29H,4,10-11,13-14,16-17H2,1-3H3,(H2,46,50)(H,51,57)/b52-19+/t26-,34-/m1/s1. The monoisotopic (exact) mass is 844 g/mol. The maximum Gasteiger partial charge on any atom is 0.411 e. The Morgan fingerprint density at radius 1 is 1.14 bits per heavy atom. The number of carbonyl (C=O) groups is 2. The molecule has 2 aliphatic carbocycles. The second-order valence-corrected chi connectivity index (χ2v) is 15.3. The summed E-state index contributed by atoms with van der Waals surface area (Å²) in [5.74, 6) is -2.33. The van der Waals surface area contributed by atoms with Crippen LogP contribution in [0.1, 0.15) is 82.2 Å². The molecule has 312 valence electrons. The van der Waals surface area contributed by atoms with Crippen LogP contribution in [-0.2, 0) is 15.1 Å². The van der Waals surface area contributed by atoms with Crippen LogP contribution in [0.2, 0.25) is 5.02 Å². The number of halogens is 9. The van der Waals surface area contributed by atoms with Crippen LogP contribution in [0.3, 0.4) is 0 Å². The van der Waals surface area contributed by atoms with E-state index in [1.165, 1.54) is 41.5 Å². The number of benzene rings is 2. The average molecular weight is 845 g/mol. The molecule has 3 N–H and O–H groups in total. The first-order valence-electron chi connectivity index (χ1n) is 17.7. The molecule has 2 saturated carbocycles. The fourth-order valence-electron chi connectivity index (χ4n) is 6.66. The van der Waals surface area contributed by atoms with E-state index in [0.29, 0.717) is 16.2 Å². The molecule has 0 radical (unpaired) electrons. The second-order valence-electron chi connectivity index (χ2n) is 14.9. The summed E-state index contributed by atoms with van der Waals surface area (Å²) in [7, 11) is 0. The largest absolute Gasteiger partial charge is 0.447 e. The molecule has 22 heteroatoms. The number of alkyl halides is 8. The van der Waals surface area contributed by atoms with Crippen molar-refractivity contribution in [2.75, 3.05) is 6.61 Å². The van der Waals surface area contributed by atoms with Crippen molar-refractivity contribution < 1.29 is 49.4 Å². The van der Waals surface area contributed by atoms with Gasteiger partial charge in [0.15, 0.2) is 11.8 Å². The molecule has 58 heavy (non-hydrogen) atoms. The predicted molar refractivity (Wildman–Crippen MR) is 194 cm³/mol. The normalized spacial score (nSPS) is 20.2. The Morgan fingerprint density at radius 2 is 1.79 bits per heavy atom. The van der Waals surface area contributed by atoms with Gasteiger partial charge in [0.05, 0.1) is 28.2 Å². The lowest BCUT2D eigenvalue weighted by Gasteiger charge is -2.37. The summed E-state index contributed by atoms with van der Waals surface area (Å²) >= 11 is 6.38. The summed E-state index contributed by atoms with van der Waals surface area (Å²) < 4.78 is 118. The van der Waals surface area contributed by atoms with Gasteiger partial charge in [-0.05, 0) is 67.9 Å². The Kier molecular flexibility index (Phi) is 11.0. The third kappa shape index (κ3) is 8.04. The molecule has 2 amide bonds. The van der Waals surface area contributed by atoms with Crippen molar-refractivity contribution in [1.82, 2.24) is 35.4 Å². The lowest BCUT2D eigenvalue weighted by Crippen LogP contribution is -2.50. The third-order valence-corrected chi connectivity index (χ3v) is 10.7. The summed E-state index contributed by atoms with van der Waals surface area (Å²) in [5, 5.41) is 26.6. The number of nitrogens with zero attached hydrogens (tertiary/aromatic N) is 7. The number of hydrogen-bond donors (Lipinski definition) is 3. The number of carbonyl (C=O) groups excluding carboxylic acids is 2. The number of alkyl carbamates (subject to hydrolysis) is 1. The van der Waals surface area contributed by atoms with E-state index in [2.05, 4.69) is 32.3 Å². The van der Waals surface area contributed by atoms with Gasteiger partial charge in [-0.25, -0.2) is 9.78 Å². The van der Waals surface area contributed by atoms with Crippen molar-refractivity contribution in [2.45, 2.75) is 94.9 Å². The van der Waals surface area contributed by atoms with Crippen LogP contribution < -0.4 is 10.6 Å². The van der Waals surface area contributed by atoms with Crippen molar-refractivity contribution in [3.63, 3.8) is 0 Å². The highest BCUT2D eigenvalue weighted by molar-refractivity contribution is 6.33. The third-order valence-electron chi connectivity index (χ3n) is 10.4. The number of amides is 2. The van der Waals surface area contributed by atoms with Crippen LogP contribution in [0.15, 0.2) is 59.0 Å². The number of rotatable bonds is 14. The zero-order valence-corrected chi connectivity index (χ0v) is 31.8. The molecule has 3 aliphatic rings. The van der Waals surface area contributed by atoms with Crippen LogP contribution >= 0.6 is 11.6 Å². The van der Waals surface area contributed by atoms with Crippen molar-refractivity contribution in [1.29, 1.82) is 5.41 Å². The first kappa shape index (κ1) is 42.3. The molecule has 13 nitrogen and oxygen atoms in total. The summed E-state index contributed by atoms with van der Waals surface area (Å²) in [6, 6.07) is 7.91. The SMILES string of the molecule is C=NN(/N=C(\C)c1ccc([C@@]2(CC(C)(C)C(F)(F)F)NC(=N)N([C@H](COC(=O)NC3(C(F)(F)F)CC3)c3ccc(Cl)c(-c4ncnn4C(F)F)c3)C2=O)cc1)C1CC1. The average Bonchev–Trinajstić information content (AvgIpc) is 4.07. The van der Waals surface area contributed by atoms with E-state index >= 15 is 0 Å². The number of aromatic nitrogens is 3. The lowest BCUT2D eigenvalue weighted by molar-refractivity contribution is -0.218. The van der Waals surface area contributed by atoms with Gasteiger partial charge < -0.3 is 15.4 Å². The van der Waals surface area contributed by atoms with Gasteiger partial charge in [0.1, 0.15) is 24.0 Å². The van der Waals surface area contributed by atoms with Crippen LogP contribution in [0.25, 0.3) is 11.4 Å². The summed E-state index contributed by atoms with van der Waals surface area (Å²) in [6.45, 7) is 2.81. The van der Waals surface area contributed by atoms with Crippen molar-refractivity contribution >= 4 is 42.0 Å². The zero-order valence-electron chi connectivity index (χ0n) is 31.1. The Morgan fingerprint density at radius 3 is 2.34 bits per heavy atom. The highest BCUT2D eigenvalue weighted by atomic mass is 35.5. The predicted octanol–water partition coefficient (Wildman–Crippen LogP) is 7.90. The summed E-state index contributed by atoms with van der Waals surface area (Å²) in [6.07, 6.45) is -10.5. The van der Waals surface area contributed by atoms with Gasteiger partial charge in [-0.1, -0.05) is 55.8 Å². The Balaban J connectivity index is 1.42. The molecule has 6 rings (SSSR count). The molecule has 0 bridgehead atoms. The van der Waals surface area contributed by atoms with Crippen LogP contribution in [0, 0.1) is 10.8 Å². The molecule has 1 aliphatic heterocycles. The minimum Gasteiger partial charge on any atom is -0.447 e. The zero-order chi connectivity index (χ0) is 42.6. The van der Waals surface area contributed by atoms with Gasteiger partial charge in [-0.2, -0.15) is 60.2 Å².